The minimum absolute atomic E-state index is 0.609. The van der Waals surface area contributed by atoms with Crippen molar-refractivity contribution >= 4 is 0 Å². The van der Waals surface area contributed by atoms with Crippen molar-refractivity contribution in [1.82, 2.24) is 10.2 Å². The van der Waals surface area contributed by atoms with E-state index in [1.807, 2.05) is 14.0 Å². The molecular formula is C14H26N2O. The van der Waals surface area contributed by atoms with Crippen molar-refractivity contribution < 1.29 is 4.42 Å². The summed E-state index contributed by atoms with van der Waals surface area (Å²) in [5.41, 5.74) is 1.27. The summed E-state index contributed by atoms with van der Waals surface area (Å²) in [5, 5.41) is 3.17. The lowest BCUT2D eigenvalue weighted by Crippen LogP contribution is -2.31. The fraction of sp³-hybridized carbons (Fsp3) is 0.714. The van der Waals surface area contributed by atoms with Crippen LogP contribution >= 0.6 is 0 Å². The molecule has 17 heavy (non-hydrogen) atoms. The van der Waals surface area contributed by atoms with E-state index in [0.29, 0.717) is 6.04 Å². The van der Waals surface area contributed by atoms with Crippen LogP contribution in [0.25, 0.3) is 0 Å². The van der Waals surface area contributed by atoms with Crippen LogP contribution in [0.4, 0.5) is 0 Å². The lowest BCUT2D eigenvalue weighted by molar-refractivity contribution is 0.189. The Morgan fingerprint density at radius 1 is 1.41 bits per heavy atom. The number of nitrogens with one attached hydrogen (secondary N) is 1. The second kappa shape index (κ2) is 6.82. The van der Waals surface area contributed by atoms with Crippen LogP contribution in [0.3, 0.4) is 0 Å². The van der Waals surface area contributed by atoms with E-state index in [1.54, 1.807) is 0 Å². The first-order valence-electron chi connectivity index (χ1n) is 6.59. The first-order chi connectivity index (χ1) is 8.12. The quantitative estimate of drug-likeness (QED) is 0.791. The molecule has 1 aromatic rings. The molecule has 0 bridgehead atoms. The van der Waals surface area contributed by atoms with Gasteiger partial charge in [-0.3, -0.25) is 4.90 Å². The zero-order valence-corrected chi connectivity index (χ0v) is 11.8. The highest BCUT2D eigenvalue weighted by Gasteiger charge is 2.14. The monoisotopic (exact) mass is 238 g/mol. The fourth-order valence-electron chi connectivity index (χ4n) is 2.07. The van der Waals surface area contributed by atoms with Crippen LogP contribution in [0.15, 0.2) is 10.5 Å². The van der Waals surface area contributed by atoms with Crippen LogP contribution in [0.1, 0.15) is 44.3 Å². The molecule has 0 saturated carbocycles. The van der Waals surface area contributed by atoms with Gasteiger partial charge in [0.1, 0.15) is 11.5 Å². The first-order valence-corrected chi connectivity index (χ1v) is 6.59. The molecule has 3 nitrogen and oxygen atoms in total. The third kappa shape index (κ3) is 3.86. The van der Waals surface area contributed by atoms with Gasteiger partial charge in [-0.2, -0.15) is 0 Å². The molecule has 1 aromatic heterocycles. The molecule has 0 amide bonds. The van der Waals surface area contributed by atoms with Crippen LogP contribution < -0.4 is 5.32 Å². The fourth-order valence-corrected chi connectivity index (χ4v) is 2.07. The normalized spacial score (nSPS) is 13.3. The van der Waals surface area contributed by atoms with Gasteiger partial charge >= 0.3 is 0 Å². The summed E-state index contributed by atoms with van der Waals surface area (Å²) >= 11 is 0. The van der Waals surface area contributed by atoms with Crippen molar-refractivity contribution in [2.45, 2.75) is 53.2 Å². The van der Waals surface area contributed by atoms with Crippen molar-refractivity contribution in [2.75, 3.05) is 13.6 Å². The van der Waals surface area contributed by atoms with Gasteiger partial charge in [0.25, 0.3) is 0 Å². The Labute approximate surface area is 105 Å². The van der Waals surface area contributed by atoms with Gasteiger partial charge in [-0.15, -0.1) is 0 Å². The maximum Gasteiger partial charge on any atom is 0.118 e. The smallest absolute Gasteiger partial charge is 0.118 e. The standard InChI is InChI=1S/C14H26N2O/c1-6-11(3)16(7-2)10-14-8-13(9-15-5)12(4)17-14/h8,11,15H,6-7,9-10H2,1-5H3. The predicted molar refractivity (Wildman–Crippen MR) is 72.0 cm³/mol. The third-order valence-corrected chi connectivity index (χ3v) is 3.42. The molecule has 0 aliphatic carbocycles. The maximum absolute atomic E-state index is 5.81. The average Bonchev–Trinajstić information content (AvgIpc) is 2.66. The van der Waals surface area contributed by atoms with E-state index in [2.05, 4.69) is 37.1 Å². The third-order valence-electron chi connectivity index (χ3n) is 3.42. The Morgan fingerprint density at radius 2 is 2.12 bits per heavy atom. The number of furan rings is 1. The zero-order chi connectivity index (χ0) is 12.8. The van der Waals surface area contributed by atoms with Crippen molar-refractivity contribution in [3.8, 4) is 0 Å². The number of hydrogen-bond donors (Lipinski definition) is 1. The maximum atomic E-state index is 5.81. The molecule has 3 heteroatoms. The molecule has 1 atom stereocenters. The van der Waals surface area contributed by atoms with Gasteiger partial charge in [-0.05, 0) is 39.9 Å². The van der Waals surface area contributed by atoms with E-state index >= 15 is 0 Å². The first kappa shape index (κ1) is 14.3. The Kier molecular flexibility index (Phi) is 5.72. The summed E-state index contributed by atoms with van der Waals surface area (Å²) in [7, 11) is 1.96. The van der Waals surface area contributed by atoms with Crippen LogP contribution in [0.2, 0.25) is 0 Å². The lowest BCUT2D eigenvalue weighted by Gasteiger charge is -2.25. The molecule has 0 radical (unpaired) electrons. The van der Waals surface area contributed by atoms with Gasteiger partial charge in [0.15, 0.2) is 0 Å². The van der Waals surface area contributed by atoms with E-state index in [4.69, 9.17) is 4.42 Å². The highest BCUT2D eigenvalue weighted by molar-refractivity contribution is 5.20. The molecular weight excluding hydrogens is 212 g/mol. The second-order valence-electron chi connectivity index (χ2n) is 4.64. The molecule has 1 rings (SSSR count). The number of hydrogen-bond acceptors (Lipinski definition) is 3. The Morgan fingerprint density at radius 3 is 2.65 bits per heavy atom. The van der Waals surface area contributed by atoms with Gasteiger partial charge in [0.05, 0.1) is 6.54 Å². The van der Waals surface area contributed by atoms with E-state index < -0.39 is 0 Å². The summed E-state index contributed by atoms with van der Waals surface area (Å²) in [6.07, 6.45) is 1.18. The molecule has 0 saturated heterocycles. The summed E-state index contributed by atoms with van der Waals surface area (Å²) in [6, 6.07) is 2.79. The summed E-state index contributed by atoms with van der Waals surface area (Å²) < 4.78 is 5.81. The SMILES string of the molecule is CCC(C)N(CC)Cc1cc(CNC)c(C)o1. The topological polar surface area (TPSA) is 28.4 Å². The van der Waals surface area contributed by atoms with E-state index in [-0.39, 0.29) is 0 Å². The summed E-state index contributed by atoms with van der Waals surface area (Å²) in [6.45, 7) is 11.6. The van der Waals surface area contributed by atoms with Gasteiger partial charge in [0, 0.05) is 18.2 Å². The number of aryl methyl sites for hydroxylation is 1. The molecule has 1 unspecified atom stereocenters. The second-order valence-corrected chi connectivity index (χ2v) is 4.64. The summed E-state index contributed by atoms with van der Waals surface area (Å²) in [4.78, 5) is 2.45. The average molecular weight is 238 g/mol. The molecule has 0 spiro atoms. The van der Waals surface area contributed by atoms with Crippen molar-refractivity contribution in [3.05, 3.63) is 23.2 Å². The van der Waals surface area contributed by atoms with Gasteiger partial charge in [-0.25, -0.2) is 0 Å². The molecule has 0 aliphatic rings. The predicted octanol–water partition coefficient (Wildman–Crippen LogP) is 2.93. The highest BCUT2D eigenvalue weighted by atomic mass is 16.3. The van der Waals surface area contributed by atoms with Crippen LogP contribution in [-0.2, 0) is 13.1 Å². The van der Waals surface area contributed by atoms with Crippen LogP contribution in [0, 0.1) is 6.92 Å². The van der Waals surface area contributed by atoms with Gasteiger partial charge in [-0.1, -0.05) is 13.8 Å². The van der Waals surface area contributed by atoms with Crippen molar-refractivity contribution in [3.63, 3.8) is 0 Å². The lowest BCUT2D eigenvalue weighted by atomic mass is 10.2. The molecule has 1 heterocycles. The van der Waals surface area contributed by atoms with Gasteiger partial charge < -0.3 is 9.73 Å². The minimum Gasteiger partial charge on any atom is -0.465 e. The number of rotatable bonds is 7. The minimum atomic E-state index is 0.609. The molecule has 0 aliphatic heterocycles. The molecule has 1 N–H and O–H groups in total. The van der Waals surface area contributed by atoms with E-state index in [0.717, 1.165) is 31.2 Å². The zero-order valence-electron chi connectivity index (χ0n) is 11.8. The van der Waals surface area contributed by atoms with Crippen LogP contribution in [-0.4, -0.2) is 24.5 Å². The Balaban J connectivity index is 2.69. The Hall–Kier alpha value is -0.800. The molecule has 98 valence electrons. The van der Waals surface area contributed by atoms with E-state index in [9.17, 15) is 0 Å². The molecule has 0 aromatic carbocycles. The largest absolute Gasteiger partial charge is 0.465 e. The Bertz CT molecular complexity index is 333. The van der Waals surface area contributed by atoms with Crippen LogP contribution in [0.5, 0.6) is 0 Å². The van der Waals surface area contributed by atoms with Crippen molar-refractivity contribution in [1.29, 1.82) is 0 Å². The summed E-state index contributed by atoms with van der Waals surface area (Å²) in [5.74, 6) is 2.12. The van der Waals surface area contributed by atoms with Crippen molar-refractivity contribution in [2.24, 2.45) is 0 Å². The van der Waals surface area contributed by atoms with Gasteiger partial charge in [0.2, 0.25) is 0 Å². The number of nitrogens with zero attached hydrogens (tertiary/aromatic N) is 1. The van der Waals surface area contributed by atoms with E-state index in [1.165, 1.54) is 12.0 Å². The highest BCUT2D eigenvalue weighted by Crippen LogP contribution is 2.17. The molecule has 0 fully saturated rings.